The summed E-state index contributed by atoms with van der Waals surface area (Å²) >= 11 is 13.8. The highest BCUT2D eigenvalue weighted by molar-refractivity contribution is 6.32. The molecule has 0 saturated carbocycles. The lowest BCUT2D eigenvalue weighted by molar-refractivity contribution is -0.143. The van der Waals surface area contributed by atoms with Crippen LogP contribution in [0.1, 0.15) is 108 Å². The number of halogens is 2. The SMILES string of the molecule is CNCc1c(O)cc2c(c1O)-c1c(O)cccc1C1NC(=O)C3NC(=O)C4NC(=O)C(NC(=O)C(NC(=O)OC(C)(C)C)c5ccc(O)c(c5)Oc5cc(O)cc4c5)C(O)c4ccc(c(Cl)c4)Oc4cc3cc(c4O)Oc3ccc(cc3Cl)C(O)C(NC1=O)C(=O)NC2C(=O)O. The number of aromatic hydroxyl groups is 6. The number of carboxylic acids is 1. The van der Waals surface area contributed by atoms with Crippen LogP contribution in [0.5, 0.6) is 69.0 Å². The first-order chi connectivity index (χ1) is 45.5. The minimum atomic E-state index is -2.33. The van der Waals surface area contributed by atoms with Gasteiger partial charge in [-0.3, -0.25) is 28.8 Å². The Morgan fingerprint density at radius 2 is 1.06 bits per heavy atom. The number of aliphatic carboxylic acids is 1. The number of hydrogen-bond donors (Lipinski definition) is 17. The van der Waals surface area contributed by atoms with E-state index in [0.717, 1.165) is 78.9 Å². The van der Waals surface area contributed by atoms with Gasteiger partial charge < -0.3 is 107 Å². The largest absolute Gasteiger partial charge is 0.508 e. The van der Waals surface area contributed by atoms with Gasteiger partial charge in [-0.1, -0.05) is 53.5 Å². The Bertz CT molecular complexity index is 4430. The molecule has 9 unspecified atom stereocenters. The summed E-state index contributed by atoms with van der Waals surface area (Å²) in [6.45, 7) is 4.29. The molecular weight excluding hydrogens is 1300 g/mol. The molecule has 7 aromatic rings. The number of nitrogens with one attached hydrogen (secondary N) is 8. The van der Waals surface area contributed by atoms with E-state index >= 15 is 19.2 Å². The molecule has 6 heterocycles. The molecule has 29 nitrogen and oxygen atoms in total. The van der Waals surface area contributed by atoms with Gasteiger partial charge in [0.15, 0.2) is 29.0 Å². The van der Waals surface area contributed by atoms with Crippen molar-refractivity contribution >= 4 is 70.7 Å². The summed E-state index contributed by atoms with van der Waals surface area (Å²) in [7, 11) is 1.43. The van der Waals surface area contributed by atoms with Crippen LogP contribution in [0.25, 0.3) is 11.1 Å². The minimum Gasteiger partial charge on any atom is -0.508 e. The third-order valence-corrected chi connectivity index (χ3v) is 16.4. The summed E-state index contributed by atoms with van der Waals surface area (Å²) < 4.78 is 24.0. The van der Waals surface area contributed by atoms with Crippen molar-refractivity contribution < 1.29 is 103 Å². The summed E-state index contributed by atoms with van der Waals surface area (Å²) in [5, 5.41) is 125. The zero-order valence-electron chi connectivity index (χ0n) is 50.5. The first kappa shape index (κ1) is 66.2. The van der Waals surface area contributed by atoms with Crippen LogP contribution in [0, 0.1) is 0 Å². The number of amides is 7. The monoisotopic (exact) mass is 1360 g/mol. The van der Waals surface area contributed by atoms with E-state index in [1.54, 1.807) is 0 Å². The highest BCUT2D eigenvalue weighted by Crippen LogP contribution is 2.51. The number of carbonyl (C=O) groups is 8. The maximum absolute atomic E-state index is 16.1. The molecule has 498 valence electrons. The van der Waals surface area contributed by atoms with Crippen LogP contribution in [0.4, 0.5) is 4.79 Å². The van der Waals surface area contributed by atoms with Crippen molar-refractivity contribution in [2.24, 2.45) is 0 Å². The average molecular weight is 1360 g/mol. The molecule has 6 aliphatic rings. The zero-order chi connectivity index (χ0) is 69.1. The Hall–Kier alpha value is -11.2. The molecule has 0 aliphatic carbocycles. The molecule has 96 heavy (non-hydrogen) atoms. The lowest BCUT2D eigenvalue weighted by Crippen LogP contribution is -2.56. The van der Waals surface area contributed by atoms with E-state index in [2.05, 4.69) is 42.5 Å². The fraction of sp³-hybridized carbons (Fsp3) is 0.231. The van der Waals surface area contributed by atoms with Crippen molar-refractivity contribution in [1.29, 1.82) is 0 Å². The van der Waals surface area contributed by atoms with Gasteiger partial charge in [-0.05, 0) is 134 Å². The smallest absolute Gasteiger partial charge is 0.408 e. The molecule has 0 fully saturated rings. The number of carboxylic acid groups (broad SMARTS) is 1. The number of aliphatic hydroxyl groups excluding tert-OH is 2. The lowest BCUT2D eigenvalue weighted by Gasteiger charge is -2.31. The standard InChI is InChI=1S/C65H58Cl2N8O21/c1-65(2,3)96-64(92)75-46-24-8-11-36(77)41(18-24)93-30-15-27(14-29(76)21-30)47-58(85)69-48-28-19-42(94-39-12-9-25(16-34(39)66)53(80)51(61(88)70-47)73-57(46)84)56(83)43(20-28)95-40-13-10-26(17-35(40)67)54(81)52-62(89)72-50(63(90)91)32-22-38(79)33(23-68-4)55(82)45(32)44-31(6-5-7-37(44)78)49(60(87)74-52)71-59(48)86/h5-22,46-54,68,76-83H,23H2,1-4H3,(H,69,85)(H,70,88)(H,71,86)(H,72,89)(H,73,84)(H,74,87)(H,75,92)(H,90,91). The van der Waals surface area contributed by atoms with Crippen molar-refractivity contribution in [3.05, 3.63) is 164 Å². The summed E-state index contributed by atoms with van der Waals surface area (Å²) in [4.78, 5) is 119. The fourth-order valence-corrected chi connectivity index (χ4v) is 11.8. The Labute approximate surface area is 552 Å². The maximum atomic E-state index is 16.1. The predicted octanol–water partition coefficient (Wildman–Crippen LogP) is 5.76. The van der Waals surface area contributed by atoms with E-state index in [1.807, 2.05) is 0 Å². The maximum Gasteiger partial charge on any atom is 0.408 e. The molecule has 0 saturated heterocycles. The molecule has 0 radical (unpaired) electrons. The van der Waals surface area contributed by atoms with E-state index in [0.29, 0.717) is 0 Å². The van der Waals surface area contributed by atoms with Gasteiger partial charge in [0.25, 0.3) is 0 Å². The molecule has 9 atom stereocenters. The highest BCUT2D eigenvalue weighted by Gasteiger charge is 2.44. The lowest BCUT2D eigenvalue weighted by atomic mass is 9.86. The number of hydrogen-bond acceptors (Lipinski definition) is 21. The number of fused-ring (bicyclic) bond motifs is 13. The fourth-order valence-electron chi connectivity index (χ4n) is 11.3. The van der Waals surface area contributed by atoms with E-state index in [1.165, 1.54) is 58.2 Å². The molecule has 17 N–H and O–H groups in total. The van der Waals surface area contributed by atoms with E-state index in [4.69, 9.17) is 42.1 Å². The van der Waals surface area contributed by atoms with Crippen LogP contribution >= 0.6 is 23.2 Å². The third kappa shape index (κ3) is 13.1. The summed E-state index contributed by atoms with van der Waals surface area (Å²) in [6, 6.07) is 4.22. The molecular formula is C65H58Cl2N8O21. The van der Waals surface area contributed by atoms with Gasteiger partial charge in [-0.15, -0.1) is 0 Å². The molecule has 7 aromatic carbocycles. The van der Waals surface area contributed by atoms with E-state index < -0.39 is 187 Å². The summed E-state index contributed by atoms with van der Waals surface area (Å²) in [5.41, 5.74) is -5.07. The van der Waals surface area contributed by atoms with Crippen LogP contribution in [0.3, 0.4) is 0 Å². The molecule has 0 spiro atoms. The van der Waals surface area contributed by atoms with Gasteiger partial charge in [0, 0.05) is 29.3 Å². The van der Waals surface area contributed by atoms with Crippen LogP contribution in [0.2, 0.25) is 10.0 Å². The van der Waals surface area contributed by atoms with Gasteiger partial charge in [-0.25, -0.2) is 9.59 Å². The average Bonchev–Trinajstić information content (AvgIpc) is 1.13. The van der Waals surface area contributed by atoms with Crippen molar-refractivity contribution in [3.8, 4) is 80.1 Å². The summed E-state index contributed by atoms with van der Waals surface area (Å²) in [6.07, 6.45) is -5.50. The van der Waals surface area contributed by atoms with Crippen molar-refractivity contribution in [2.45, 2.75) is 87.4 Å². The number of benzene rings is 7. The first-order valence-corrected chi connectivity index (χ1v) is 29.8. The van der Waals surface area contributed by atoms with Crippen LogP contribution in [-0.4, -0.2) is 118 Å². The van der Waals surface area contributed by atoms with Gasteiger partial charge in [0.05, 0.1) is 15.6 Å². The van der Waals surface area contributed by atoms with Crippen molar-refractivity contribution in [1.82, 2.24) is 42.5 Å². The second kappa shape index (κ2) is 25.9. The van der Waals surface area contributed by atoms with Gasteiger partial charge in [0.1, 0.15) is 94.3 Å². The number of aliphatic hydroxyl groups is 2. The predicted molar refractivity (Wildman–Crippen MR) is 334 cm³/mol. The van der Waals surface area contributed by atoms with Crippen molar-refractivity contribution in [3.63, 3.8) is 0 Å². The van der Waals surface area contributed by atoms with Crippen molar-refractivity contribution in [2.75, 3.05) is 7.05 Å². The van der Waals surface area contributed by atoms with Crippen LogP contribution in [0.15, 0.2) is 109 Å². The Kier molecular flexibility index (Phi) is 17.9. The quantitative estimate of drug-likeness (QED) is 0.0995. The normalized spacial score (nSPS) is 21.7. The molecule has 7 amide bonds. The summed E-state index contributed by atoms with van der Waals surface area (Å²) in [5.74, 6) is -17.3. The van der Waals surface area contributed by atoms with Gasteiger partial charge in [-0.2, -0.15) is 0 Å². The molecule has 0 aromatic heterocycles. The van der Waals surface area contributed by atoms with Gasteiger partial charge in [0.2, 0.25) is 41.2 Å². The number of rotatable bonds is 4. The molecule has 31 heteroatoms. The molecule has 13 rings (SSSR count). The van der Waals surface area contributed by atoms with E-state index in [9.17, 15) is 65.1 Å². The number of ether oxygens (including phenoxy) is 4. The number of carbonyl (C=O) groups excluding carboxylic acids is 7. The van der Waals surface area contributed by atoms with Gasteiger partial charge >= 0.3 is 12.1 Å². The number of phenols is 6. The minimum absolute atomic E-state index is 0.0996. The van der Waals surface area contributed by atoms with E-state index in [-0.39, 0.29) is 61.7 Å². The number of phenolic OH excluding ortho intramolecular Hbond substituents is 6. The Morgan fingerprint density at radius 1 is 0.521 bits per heavy atom. The molecule has 15 bridgehead atoms. The number of alkyl carbamates (subject to hydrolysis) is 1. The molecule has 6 aliphatic heterocycles. The third-order valence-electron chi connectivity index (χ3n) is 15.8. The highest BCUT2D eigenvalue weighted by atomic mass is 35.5. The second-order valence-electron chi connectivity index (χ2n) is 23.5. The Morgan fingerprint density at radius 3 is 1.65 bits per heavy atom. The zero-order valence-corrected chi connectivity index (χ0v) is 52.0. The topological polar surface area (TPSA) is 452 Å². The van der Waals surface area contributed by atoms with Crippen LogP contribution in [-0.2, 0) is 44.8 Å². The van der Waals surface area contributed by atoms with Crippen LogP contribution < -0.4 is 56.7 Å². The first-order valence-electron chi connectivity index (χ1n) is 29.1. The Balaban J connectivity index is 1.16. The second-order valence-corrected chi connectivity index (χ2v) is 24.4.